The van der Waals surface area contributed by atoms with E-state index >= 15 is 0 Å². The summed E-state index contributed by atoms with van der Waals surface area (Å²) in [7, 11) is 0. The van der Waals surface area contributed by atoms with E-state index in [0.717, 1.165) is 10.0 Å². The normalized spacial score (nSPS) is 12.4. The van der Waals surface area contributed by atoms with Crippen LogP contribution in [-0.2, 0) is 11.3 Å². The van der Waals surface area contributed by atoms with E-state index in [4.69, 9.17) is 9.47 Å². The maximum Gasteiger partial charge on any atom is 0.235 e. The van der Waals surface area contributed by atoms with Crippen LogP contribution in [0.25, 0.3) is 0 Å². The first-order valence-corrected chi connectivity index (χ1v) is 4.72. The minimum absolute atomic E-state index is 0.238. The van der Waals surface area contributed by atoms with Gasteiger partial charge in [-0.2, -0.15) is 0 Å². The van der Waals surface area contributed by atoms with Crippen molar-refractivity contribution in [3.63, 3.8) is 0 Å². The molecule has 1 aliphatic heterocycles. The zero-order valence-electron chi connectivity index (χ0n) is 7.12. The number of rotatable bonds is 2. The van der Waals surface area contributed by atoms with Crippen LogP contribution in [0.5, 0.6) is 11.5 Å². The highest BCUT2D eigenvalue weighted by Crippen LogP contribution is 2.37. The molecule has 2 rings (SSSR count). The number of fused-ring (bicyclic) bond motifs is 1. The summed E-state index contributed by atoms with van der Waals surface area (Å²) >= 11 is 3.35. The molecule has 0 atom stereocenters. The van der Waals surface area contributed by atoms with Gasteiger partial charge in [-0.05, 0) is 17.7 Å². The van der Waals surface area contributed by atoms with Crippen LogP contribution < -0.4 is 9.47 Å². The third-order valence-electron chi connectivity index (χ3n) is 1.86. The highest BCUT2D eigenvalue weighted by atomic mass is 79.9. The van der Waals surface area contributed by atoms with Crippen LogP contribution in [0, 0.1) is 0 Å². The Labute approximate surface area is 88.7 Å². The Balaban J connectivity index is 2.36. The minimum atomic E-state index is 0.238. The van der Waals surface area contributed by atoms with Crippen LogP contribution >= 0.6 is 15.9 Å². The Morgan fingerprint density at radius 1 is 1.43 bits per heavy atom. The van der Waals surface area contributed by atoms with Crippen molar-refractivity contribution in [3.05, 3.63) is 22.2 Å². The van der Waals surface area contributed by atoms with Gasteiger partial charge in [-0.3, -0.25) is 0 Å². The molecular formula is C9H6BrNO3. The molecule has 0 amide bonds. The van der Waals surface area contributed by atoms with E-state index < -0.39 is 0 Å². The number of isocyanates is 1. The molecule has 1 aliphatic rings. The molecule has 0 unspecified atom stereocenters. The maximum absolute atomic E-state index is 9.96. The second kappa shape index (κ2) is 3.82. The van der Waals surface area contributed by atoms with Gasteiger partial charge in [0.1, 0.15) is 0 Å². The van der Waals surface area contributed by atoms with Crippen LogP contribution in [-0.4, -0.2) is 12.9 Å². The van der Waals surface area contributed by atoms with Gasteiger partial charge in [-0.1, -0.05) is 15.9 Å². The fourth-order valence-electron chi connectivity index (χ4n) is 1.20. The Kier molecular flexibility index (Phi) is 2.52. The first kappa shape index (κ1) is 9.24. The van der Waals surface area contributed by atoms with Gasteiger partial charge in [0.15, 0.2) is 11.5 Å². The Morgan fingerprint density at radius 2 is 2.14 bits per heavy atom. The van der Waals surface area contributed by atoms with Crippen molar-refractivity contribution in [2.75, 3.05) is 6.79 Å². The molecule has 1 aromatic carbocycles. The number of benzene rings is 1. The predicted molar refractivity (Wildman–Crippen MR) is 52.1 cm³/mol. The number of hydrogen-bond donors (Lipinski definition) is 0. The molecule has 0 N–H and O–H groups in total. The van der Waals surface area contributed by atoms with Gasteiger partial charge >= 0.3 is 0 Å². The number of aliphatic imine (C=N–C) groups is 1. The first-order chi connectivity index (χ1) is 6.81. The van der Waals surface area contributed by atoms with Crippen molar-refractivity contribution in [2.45, 2.75) is 6.54 Å². The summed E-state index contributed by atoms with van der Waals surface area (Å²) in [4.78, 5) is 13.5. The highest BCUT2D eigenvalue weighted by molar-refractivity contribution is 9.10. The first-order valence-electron chi connectivity index (χ1n) is 3.93. The number of carbonyl (C=O) groups excluding carboxylic acids is 1. The minimum Gasteiger partial charge on any atom is -0.454 e. The largest absolute Gasteiger partial charge is 0.454 e. The molecule has 1 heterocycles. The third-order valence-corrected chi connectivity index (χ3v) is 2.59. The van der Waals surface area contributed by atoms with Gasteiger partial charge in [-0.15, -0.1) is 0 Å². The molecule has 0 saturated heterocycles. The third kappa shape index (κ3) is 1.64. The molecule has 0 radical (unpaired) electrons. The van der Waals surface area contributed by atoms with Crippen molar-refractivity contribution in [2.24, 2.45) is 4.99 Å². The van der Waals surface area contributed by atoms with E-state index in [-0.39, 0.29) is 6.79 Å². The molecule has 14 heavy (non-hydrogen) atoms. The molecule has 0 aromatic heterocycles. The van der Waals surface area contributed by atoms with Crippen molar-refractivity contribution in [3.8, 4) is 11.5 Å². The standard InChI is InChI=1S/C9H6BrNO3/c10-7-2-9-8(13-5-14-9)1-6(7)3-11-4-12/h1-2H,3,5H2. The summed E-state index contributed by atoms with van der Waals surface area (Å²) in [5.74, 6) is 1.39. The number of ether oxygens (including phenoxy) is 2. The SMILES string of the molecule is O=C=NCc1cc2c(cc1Br)OCO2. The van der Waals surface area contributed by atoms with Gasteiger partial charge < -0.3 is 9.47 Å². The molecule has 0 spiro atoms. The van der Waals surface area contributed by atoms with Crippen molar-refractivity contribution >= 4 is 22.0 Å². The molecule has 0 saturated carbocycles. The average Bonchev–Trinajstić information content (AvgIpc) is 2.61. The lowest BCUT2D eigenvalue weighted by Crippen LogP contribution is -1.92. The van der Waals surface area contributed by atoms with Crippen molar-refractivity contribution < 1.29 is 14.3 Å². The van der Waals surface area contributed by atoms with Gasteiger partial charge in [0, 0.05) is 4.47 Å². The fourth-order valence-corrected chi connectivity index (χ4v) is 1.65. The van der Waals surface area contributed by atoms with E-state index in [1.807, 2.05) is 0 Å². The molecule has 0 fully saturated rings. The molecular weight excluding hydrogens is 250 g/mol. The van der Waals surface area contributed by atoms with Crippen molar-refractivity contribution in [1.29, 1.82) is 0 Å². The van der Waals surface area contributed by atoms with Gasteiger partial charge in [0.05, 0.1) is 6.54 Å². The van der Waals surface area contributed by atoms with Crippen LogP contribution in [0.1, 0.15) is 5.56 Å². The van der Waals surface area contributed by atoms with Gasteiger partial charge in [-0.25, -0.2) is 9.79 Å². The summed E-state index contributed by atoms with van der Waals surface area (Å²) in [6, 6.07) is 3.60. The smallest absolute Gasteiger partial charge is 0.235 e. The summed E-state index contributed by atoms with van der Waals surface area (Å²) < 4.78 is 11.2. The van der Waals surface area contributed by atoms with E-state index in [1.165, 1.54) is 6.08 Å². The lowest BCUT2D eigenvalue weighted by Gasteiger charge is -2.02. The topological polar surface area (TPSA) is 47.9 Å². The molecule has 0 bridgehead atoms. The predicted octanol–water partition coefficient (Wildman–Crippen LogP) is 2.01. The summed E-state index contributed by atoms with van der Waals surface area (Å²) in [5, 5.41) is 0. The number of nitrogens with zero attached hydrogens (tertiary/aromatic N) is 1. The Bertz CT molecular complexity index is 413. The zero-order valence-corrected chi connectivity index (χ0v) is 8.70. The summed E-state index contributed by atoms with van der Waals surface area (Å²) in [5.41, 5.74) is 0.873. The summed E-state index contributed by atoms with van der Waals surface area (Å²) in [6.07, 6.45) is 1.49. The van der Waals surface area contributed by atoms with E-state index in [0.29, 0.717) is 18.0 Å². The second-order valence-corrected chi connectivity index (χ2v) is 3.56. The lowest BCUT2D eigenvalue weighted by molar-refractivity contribution is 0.174. The van der Waals surface area contributed by atoms with Crippen molar-refractivity contribution in [1.82, 2.24) is 0 Å². The molecule has 1 aromatic rings. The average molecular weight is 256 g/mol. The zero-order chi connectivity index (χ0) is 9.97. The Morgan fingerprint density at radius 3 is 2.86 bits per heavy atom. The van der Waals surface area contributed by atoms with Gasteiger partial charge in [0.25, 0.3) is 0 Å². The molecule has 5 heteroatoms. The molecule has 4 nitrogen and oxygen atoms in total. The highest BCUT2D eigenvalue weighted by Gasteiger charge is 2.15. The summed E-state index contributed by atoms with van der Waals surface area (Å²) in [6.45, 7) is 0.531. The fraction of sp³-hybridized carbons (Fsp3) is 0.222. The lowest BCUT2D eigenvalue weighted by atomic mass is 10.2. The number of halogens is 1. The van der Waals surface area contributed by atoms with E-state index in [2.05, 4.69) is 20.9 Å². The molecule has 72 valence electrons. The molecule has 0 aliphatic carbocycles. The van der Waals surface area contributed by atoms with E-state index in [1.54, 1.807) is 12.1 Å². The van der Waals surface area contributed by atoms with Crippen LogP contribution in [0.2, 0.25) is 0 Å². The quantitative estimate of drug-likeness (QED) is 0.600. The Hall–Kier alpha value is -1.32. The van der Waals surface area contributed by atoms with Crippen LogP contribution in [0.4, 0.5) is 0 Å². The van der Waals surface area contributed by atoms with Crippen LogP contribution in [0.3, 0.4) is 0 Å². The van der Waals surface area contributed by atoms with Gasteiger partial charge in [0.2, 0.25) is 12.9 Å². The number of hydrogen-bond acceptors (Lipinski definition) is 4. The maximum atomic E-state index is 9.96. The second-order valence-electron chi connectivity index (χ2n) is 2.70. The van der Waals surface area contributed by atoms with E-state index in [9.17, 15) is 4.79 Å². The van der Waals surface area contributed by atoms with Crippen LogP contribution in [0.15, 0.2) is 21.6 Å². The monoisotopic (exact) mass is 255 g/mol.